The summed E-state index contributed by atoms with van der Waals surface area (Å²) in [5.74, 6) is -0.754. The van der Waals surface area contributed by atoms with Crippen molar-refractivity contribution >= 4 is 60.3 Å². The normalized spacial score (nSPS) is 15.8. The molecule has 15 heteroatoms. The highest BCUT2D eigenvalue weighted by atomic mass is 35.5. The first-order valence-electron chi connectivity index (χ1n) is 11.1. The van der Waals surface area contributed by atoms with Crippen molar-refractivity contribution in [1.82, 2.24) is 4.31 Å². The van der Waals surface area contributed by atoms with Crippen LogP contribution in [0.1, 0.15) is 18.4 Å². The lowest BCUT2D eigenvalue weighted by molar-refractivity contribution is -0.137. The van der Waals surface area contributed by atoms with Crippen LogP contribution in [0.25, 0.3) is 0 Å². The predicted octanol–water partition coefficient (Wildman–Crippen LogP) is 5.26. The Kier molecular flexibility index (Phi) is 8.09. The van der Waals surface area contributed by atoms with Gasteiger partial charge < -0.3 is 5.32 Å². The highest BCUT2D eigenvalue weighted by molar-refractivity contribution is 7.92. The molecule has 1 saturated heterocycles. The average molecular weight is 608 g/mol. The second-order valence-electron chi connectivity index (χ2n) is 8.42. The molecule has 0 aliphatic carbocycles. The summed E-state index contributed by atoms with van der Waals surface area (Å²) in [5.41, 5.74) is -1.17. The molecular formula is C23H21ClF3N3O5S3. The summed E-state index contributed by atoms with van der Waals surface area (Å²) < 4.78 is 93.5. The van der Waals surface area contributed by atoms with Crippen LogP contribution in [-0.4, -0.2) is 40.1 Å². The second-order valence-corrected chi connectivity index (χ2v) is 13.6. The topological polar surface area (TPSA) is 113 Å². The van der Waals surface area contributed by atoms with E-state index in [4.69, 9.17) is 11.6 Å². The molecule has 38 heavy (non-hydrogen) atoms. The third kappa shape index (κ3) is 6.31. The van der Waals surface area contributed by atoms with Gasteiger partial charge in [0.1, 0.15) is 4.21 Å². The molecule has 204 valence electrons. The van der Waals surface area contributed by atoms with Gasteiger partial charge in [0.25, 0.3) is 20.0 Å². The lowest BCUT2D eigenvalue weighted by Gasteiger charge is -2.30. The molecule has 8 nitrogen and oxygen atoms in total. The molecule has 3 aromatic rings. The van der Waals surface area contributed by atoms with E-state index in [-0.39, 0.29) is 33.8 Å². The lowest BCUT2D eigenvalue weighted by Crippen LogP contribution is -2.41. The summed E-state index contributed by atoms with van der Waals surface area (Å²) in [5, 5.41) is 3.81. The fourth-order valence-electron chi connectivity index (χ4n) is 3.88. The van der Waals surface area contributed by atoms with Crippen LogP contribution in [0.15, 0.2) is 69.1 Å². The number of alkyl halides is 3. The third-order valence-corrected chi connectivity index (χ3v) is 10.9. The van der Waals surface area contributed by atoms with Crippen LogP contribution in [0.2, 0.25) is 5.02 Å². The van der Waals surface area contributed by atoms with Crippen LogP contribution < -0.4 is 10.0 Å². The highest BCUT2D eigenvalue weighted by Gasteiger charge is 2.34. The number of thiophene rings is 1. The van der Waals surface area contributed by atoms with E-state index in [0.29, 0.717) is 24.6 Å². The maximum Gasteiger partial charge on any atom is 0.417 e. The zero-order chi connectivity index (χ0) is 27.7. The predicted molar refractivity (Wildman–Crippen MR) is 138 cm³/mol. The minimum Gasteiger partial charge on any atom is -0.326 e. The van der Waals surface area contributed by atoms with E-state index in [2.05, 4.69) is 10.0 Å². The Labute approximate surface area is 226 Å². The Hall–Kier alpha value is -2.65. The first-order chi connectivity index (χ1) is 17.8. The first-order valence-corrected chi connectivity index (χ1v) is 15.3. The van der Waals surface area contributed by atoms with Gasteiger partial charge >= 0.3 is 6.18 Å². The Morgan fingerprint density at radius 3 is 2.18 bits per heavy atom. The number of anilines is 2. The van der Waals surface area contributed by atoms with Gasteiger partial charge in [0.15, 0.2) is 0 Å². The second kappa shape index (κ2) is 10.8. The van der Waals surface area contributed by atoms with Crippen molar-refractivity contribution in [3.05, 3.63) is 70.6 Å². The van der Waals surface area contributed by atoms with Gasteiger partial charge in [-0.25, -0.2) is 16.8 Å². The summed E-state index contributed by atoms with van der Waals surface area (Å²) in [4.78, 5) is 12.5. The molecule has 1 aliphatic rings. The molecule has 1 aromatic heterocycles. The van der Waals surface area contributed by atoms with Crippen LogP contribution in [0.3, 0.4) is 0 Å². The van der Waals surface area contributed by atoms with Gasteiger partial charge in [-0.2, -0.15) is 17.5 Å². The molecule has 0 saturated carbocycles. The van der Waals surface area contributed by atoms with E-state index in [0.717, 1.165) is 23.5 Å². The quantitative estimate of drug-likeness (QED) is 0.380. The lowest BCUT2D eigenvalue weighted by atomic mass is 9.97. The van der Waals surface area contributed by atoms with E-state index in [1.165, 1.54) is 34.6 Å². The number of benzene rings is 2. The maximum absolute atomic E-state index is 13.1. The molecule has 2 heterocycles. The third-order valence-electron chi connectivity index (χ3n) is 5.87. The van der Waals surface area contributed by atoms with Crippen LogP contribution in [0.4, 0.5) is 24.5 Å². The number of carbonyl (C=O) groups excluding carboxylic acids is 1. The van der Waals surface area contributed by atoms with E-state index in [9.17, 15) is 34.8 Å². The molecule has 0 unspecified atom stereocenters. The number of nitrogens with zero attached hydrogens (tertiary/aromatic N) is 1. The van der Waals surface area contributed by atoms with Crippen molar-refractivity contribution in [3.8, 4) is 0 Å². The number of halogens is 4. The summed E-state index contributed by atoms with van der Waals surface area (Å²) in [6.07, 6.45) is -4.10. The van der Waals surface area contributed by atoms with E-state index < -0.39 is 42.7 Å². The smallest absolute Gasteiger partial charge is 0.326 e. The Bertz CT molecular complexity index is 1520. The Balaban J connectivity index is 1.36. The molecule has 1 fully saturated rings. The van der Waals surface area contributed by atoms with Crippen molar-refractivity contribution in [3.63, 3.8) is 0 Å². The van der Waals surface area contributed by atoms with Crippen LogP contribution >= 0.6 is 22.9 Å². The Morgan fingerprint density at radius 1 is 0.974 bits per heavy atom. The molecular weight excluding hydrogens is 587 g/mol. The first kappa shape index (κ1) is 28.4. The maximum atomic E-state index is 13.1. The molecule has 0 radical (unpaired) electrons. The van der Waals surface area contributed by atoms with Gasteiger partial charge in [-0.05, 0) is 66.8 Å². The number of sulfonamides is 2. The number of carbonyl (C=O) groups is 1. The minimum atomic E-state index is -4.76. The number of hydrogen-bond acceptors (Lipinski definition) is 6. The Morgan fingerprint density at radius 2 is 1.61 bits per heavy atom. The summed E-state index contributed by atoms with van der Waals surface area (Å²) in [6, 6.07) is 11.0. The molecule has 2 aromatic carbocycles. The van der Waals surface area contributed by atoms with Crippen LogP contribution in [-0.2, 0) is 31.0 Å². The minimum absolute atomic E-state index is 0.196. The molecule has 0 atom stereocenters. The van der Waals surface area contributed by atoms with Gasteiger partial charge in [-0.3, -0.25) is 9.52 Å². The molecule has 2 N–H and O–H groups in total. The highest BCUT2D eigenvalue weighted by Crippen LogP contribution is 2.36. The molecule has 4 rings (SSSR count). The molecule has 1 amide bonds. The fraction of sp³-hybridized carbons (Fsp3) is 0.261. The van der Waals surface area contributed by atoms with Crippen LogP contribution in [0, 0.1) is 5.92 Å². The van der Waals surface area contributed by atoms with Gasteiger partial charge in [-0.1, -0.05) is 17.7 Å². The zero-order valence-electron chi connectivity index (χ0n) is 19.4. The number of rotatable bonds is 7. The van der Waals surface area contributed by atoms with E-state index in [1.54, 1.807) is 11.4 Å². The zero-order valence-corrected chi connectivity index (χ0v) is 22.6. The van der Waals surface area contributed by atoms with Crippen molar-refractivity contribution in [2.45, 2.75) is 28.1 Å². The summed E-state index contributed by atoms with van der Waals surface area (Å²) >= 11 is 6.70. The summed E-state index contributed by atoms with van der Waals surface area (Å²) in [6.45, 7) is 0.393. The number of piperidine rings is 1. The standard InChI is InChI=1S/C23H21ClF3N3O5S3/c24-20-8-5-17(14-19(20)23(25,26)27)29-37(32,33)18-6-3-16(4-7-18)28-22(31)15-9-11-30(12-10-15)38(34,35)21-2-1-13-36-21/h1-8,13-15,29H,9-12H2,(H,28,31). The average Bonchev–Trinajstić information content (AvgIpc) is 3.41. The van der Waals surface area contributed by atoms with Gasteiger partial charge in [0.05, 0.1) is 15.5 Å². The fourth-order valence-corrected chi connectivity index (χ4v) is 7.77. The molecule has 0 bridgehead atoms. The number of hydrogen-bond donors (Lipinski definition) is 2. The van der Waals surface area contributed by atoms with Gasteiger partial charge in [0, 0.05) is 30.4 Å². The summed E-state index contributed by atoms with van der Waals surface area (Å²) in [7, 11) is -7.81. The van der Waals surface area contributed by atoms with Crippen LogP contribution in [0.5, 0.6) is 0 Å². The monoisotopic (exact) mass is 607 g/mol. The largest absolute Gasteiger partial charge is 0.417 e. The van der Waals surface area contributed by atoms with Crippen molar-refractivity contribution in [2.24, 2.45) is 5.92 Å². The van der Waals surface area contributed by atoms with Crippen molar-refractivity contribution in [1.29, 1.82) is 0 Å². The number of nitrogens with one attached hydrogen (secondary N) is 2. The van der Waals surface area contributed by atoms with Crippen molar-refractivity contribution < 1.29 is 34.8 Å². The van der Waals surface area contributed by atoms with Crippen molar-refractivity contribution in [2.75, 3.05) is 23.1 Å². The van der Waals surface area contributed by atoms with E-state index >= 15 is 0 Å². The van der Waals surface area contributed by atoms with E-state index in [1.807, 2.05) is 0 Å². The molecule has 0 spiro atoms. The SMILES string of the molecule is O=C(Nc1ccc(S(=O)(=O)Nc2ccc(Cl)c(C(F)(F)F)c2)cc1)C1CCN(S(=O)(=O)c2cccs2)CC1. The van der Waals surface area contributed by atoms with Gasteiger partial charge in [0.2, 0.25) is 5.91 Å². The number of amides is 1. The molecule has 1 aliphatic heterocycles. The van der Waals surface area contributed by atoms with Gasteiger partial charge in [-0.15, -0.1) is 11.3 Å².